The van der Waals surface area contributed by atoms with Crippen LogP contribution in [0.4, 0.5) is 11.4 Å². The number of anilines is 2. The Bertz CT molecular complexity index is 2180. The van der Waals surface area contributed by atoms with E-state index >= 15 is 0 Å². The molecule has 0 amide bonds. The first kappa shape index (κ1) is 26.3. The van der Waals surface area contributed by atoms with Gasteiger partial charge in [0.25, 0.3) is 0 Å². The predicted octanol–water partition coefficient (Wildman–Crippen LogP) is 10.8. The molecule has 0 fully saturated rings. The fourth-order valence-corrected chi connectivity index (χ4v) is 5.80. The van der Waals surface area contributed by atoms with Gasteiger partial charge in [0.15, 0.2) is 5.58 Å². The maximum absolute atomic E-state index is 6.53. The van der Waals surface area contributed by atoms with Gasteiger partial charge in [-0.25, -0.2) is 4.98 Å². The SMILES string of the molecule is C=C/C=C(\C=C/C)c1nc2ccc3c4cc(-c5ccc(Nc6ccccc6)c(C)c5)ccc4n(-c4ccccc4)c3c2o1. The lowest BCUT2D eigenvalue weighted by Crippen LogP contribution is -1.94. The van der Waals surface area contributed by atoms with Crippen LogP contribution < -0.4 is 5.32 Å². The molecule has 4 nitrogen and oxygen atoms in total. The second-order valence-corrected chi connectivity index (χ2v) is 10.6. The van der Waals surface area contributed by atoms with Crippen molar-refractivity contribution in [1.82, 2.24) is 9.55 Å². The van der Waals surface area contributed by atoms with Gasteiger partial charge in [-0.1, -0.05) is 79.4 Å². The molecule has 5 aromatic carbocycles. The van der Waals surface area contributed by atoms with Gasteiger partial charge in [0.05, 0.1) is 11.0 Å². The molecule has 0 aliphatic rings. The average molecular weight is 558 g/mol. The number of nitrogens with one attached hydrogen (secondary N) is 1. The van der Waals surface area contributed by atoms with E-state index < -0.39 is 0 Å². The van der Waals surface area contributed by atoms with Gasteiger partial charge in [0.2, 0.25) is 5.89 Å². The van der Waals surface area contributed by atoms with E-state index in [1.807, 2.05) is 49.4 Å². The molecule has 0 spiro atoms. The van der Waals surface area contributed by atoms with Gasteiger partial charge < -0.3 is 14.3 Å². The largest absolute Gasteiger partial charge is 0.434 e. The van der Waals surface area contributed by atoms with Gasteiger partial charge in [-0.2, -0.15) is 0 Å². The van der Waals surface area contributed by atoms with Crippen molar-refractivity contribution in [3.63, 3.8) is 0 Å². The molecular weight excluding hydrogens is 526 g/mol. The molecule has 208 valence electrons. The van der Waals surface area contributed by atoms with Crippen LogP contribution in [0.3, 0.4) is 0 Å². The summed E-state index contributed by atoms with van der Waals surface area (Å²) in [4.78, 5) is 4.87. The van der Waals surface area contributed by atoms with Crippen LogP contribution in [0.25, 0.3) is 55.3 Å². The summed E-state index contributed by atoms with van der Waals surface area (Å²) in [6.45, 7) is 8.00. The van der Waals surface area contributed by atoms with Gasteiger partial charge in [-0.05, 0) is 91.2 Å². The van der Waals surface area contributed by atoms with Crippen molar-refractivity contribution in [2.75, 3.05) is 5.32 Å². The summed E-state index contributed by atoms with van der Waals surface area (Å²) in [6, 6.07) is 38.2. The van der Waals surface area contributed by atoms with E-state index in [1.54, 1.807) is 6.08 Å². The number of allylic oxidation sites excluding steroid dienone is 5. The zero-order chi connectivity index (χ0) is 29.3. The molecule has 0 saturated carbocycles. The van der Waals surface area contributed by atoms with Crippen LogP contribution in [0.2, 0.25) is 0 Å². The lowest BCUT2D eigenvalue weighted by molar-refractivity contribution is 0.587. The number of oxazole rings is 1. The van der Waals surface area contributed by atoms with Crippen molar-refractivity contribution in [2.24, 2.45) is 0 Å². The number of rotatable bonds is 7. The molecule has 0 radical (unpaired) electrons. The van der Waals surface area contributed by atoms with Crippen molar-refractivity contribution < 1.29 is 4.42 Å². The first-order valence-electron chi connectivity index (χ1n) is 14.5. The van der Waals surface area contributed by atoms with E-state index in [1.165, 1.54) is 11.1 Å². The third-order valence-corrected chi connectivity index (χ3v) is 7.80. The molecule has 0 atom stereocenters. The Morgan fingerprint density at radius 2 is 1.58 bits per heavy atom. The third kappa shape index (κ3) is 4.73. The Balaban J connectivity index is 1.41. The molecule has 0 bridgehead atoms. The number of hydrogen-bond donors (Lipinski definition) is 1. The molecule has 7 aromatic rings. The van der Waals surface area contributed by atoms with E-state index in [9.17, 15) is 0 Å². The summed E-state index contributed by atoms with van der Waals surface area (Å²) >= 11 is 0. The molecule has 0 unspecified atom stereocenters. The lowest BCUT2D eigenvalue weighted by atomic mass is 10.00. The summed E-state index contributed by atoms with van der Waals surface area (Å²) < 4.78 is 8.81. The minimum Gasteiger partial charge on any atom is -0.434 e. The second-order valence-electron chi connectivity index (χ2n) is 10.6. The standard InChI is InChI=1S/C39H31N3O/c1-4-12-27(13-5-2)39-41-35-22-20-32-33-25-29(28-18-21-34(26(3)24-28)40-30-14-8-6-9-15-30)19-23-36(33)42(37(32)38(35)43-39)31-16-10-7-11-17-31/h4-25,40H,1H2,2-3H3/b13-5-,27-12+. The number of aryl methyl sites for hydroxylation is 1. The molecule has 1 N–H and O–H groups in total. The van der Waals surface area contributed by atoms with E-state index in [0.717, 1.165) is 61.1 Å². The quantitative estimate of drug-likeness (QED) is 0.198. The molecule has 0 saturated heterocycles. The number of hydrogen-bond acceptors (Lipinski definition) is 3. The first-order valence-corrected chi connectivity index (χ1v) is 14.5. The maximum atomic E-state index is 6.53. The number of para-hydroxylation sites is 2. The lowest BCUT2D eigenvalue weighted by Gasteiger charge is -2.12. The molecule has 2 heterocycles. The topological polar surface area (TPSA) is 43.0 Å². The molecule has 7 rings (SSSR count). The monoisotopic (exact) mass is 557 g/mol. The maximum Gasteiger partial charge on any atom is 0.227 e. The van der Waals surface area contributed by atoms with Crippen molar-refractivity contribution in [3.05, 3.63) is 152 Å². The Labute approximate surface area is 250 Å². The van der Waals surface area contributed by atoms with Gasteiger partial charge >= 0.3 is 0 Å². The van der Waals surface area contributed by atoms with Gasteiger partial charge in [0, 0.05) is 33.4 Å². The normalized spacial score (nSPS) is 12.1. The molecule has 0 aliphatic heterocycles. The van der Waals surface area contributed by atoms with Crippen LogP contribution in [-0.4, -0.2) is 9.55 Å². The van der Waals surface area contributed by atoms with Crippen molar-refractivity contribution >= 4 is 49.9 Å². The summed E-state index contributed by atoms with van der Waals surface area (Å²) in [5, 5.41) is 5.82. The van der Waals surface area contributed by atoms with Crippen LogP contribution in [0.5, 0.6) is 0 Å². The Kier molecular flexibility index (Phi) is 6.72. The molecule has 4 heteroatoms. The van der Waals surface area contributed by atoms with Crippen molar-refractivity contribution in [3.8, 4) is 16.8 Å². The van der Waals surface area contributed by atoms with E-state index in [2.05, 4.69) is 108 Å². The van der Waals surface area contributed by atoms with Crippen molar-refractivity contribution in [1.29, 1.82) is 0 Å². The van der Waals surface area contributed by atoms with Crippen molar-refractivity contribution in [2.45, 2.75) is 13.8 Å². The van der Waals surface area contributed by atoms with Crippen LogP contribution >= 0.6 is 0 Å². The fourth-order valence-electron chi connectivity index (χ4n) is 5.80. The Morgan fingerprint density at radius 1 is 0.837 bits per heavy atom. The molecular formula is C39H31N3O. The third-order valence-electron chi connectivity index (χ3n) is 7.80. The zero-order valence-electron chi connectivity index (χ0n) is 24.2. The van der Waals surface area contributed by atoms with E-state index in [4.69, 9.17) is 9.40 Å². The van der Waals surface area contributed by atoms with Gasteiger partial charge in [-0.15, -0.1) is 0 Å². The van der Waals surface area contributed by atoms with E-state index in [0.29, 0.717) is 5.89 Å². The van der Waals surface area contributed by atoms with Gasteiger partial charge in [-0.3, -0.25) is 0 Å². The second kappa shape index (κ2) is 11.0. The zero-order valence-corrected chi connectivity index (χ0v) is 24.2. The van der Waals surface area contributed by atoms with E-state index in [-0.39, 0.29) is 0 Å². The Morgan fingerprint density at radius 3 is 2.33 bits per heavy atom. The van der Waals surface area contributed by atoms with Crippen LogP contribution in [0.1, 0.15) is 18.4 Å². The highest BCUT2D eigenvalue weighted by Crippen LogP contribution is 2.39. The molecule has 0 aliphatic carbocycles. The number of fused-ring (bicyclic) bond motifs is 5. The minimum atomic E-state index is 0.575. The molecule has 2 aromatic heterocycles. The Hall–Kier alpha value is -5.61. The van der Waals surface area contributed by atoms with Crippen LogP contribution in [-0.2, 0) is 0 Å². The summed E-state index contributed by atoms with van der Waals surface area (Å²) in [5.41, 5.74) is 11.4. The smallest absolute Gasteiger partial charge is 0.227 e. The fraction of sp³-hybridized carbons (Fsp3) is 0.0513. The summed E-state index contributed by atoms with van der Waals surface area (Å²) in [6.07, 6.45) is 7.65. The highest BCUT2D eigenvalue weighted by atomic mass is 16.3. The summed E-state index contributed by atoms with van der Waals surface area (Å²) in [5.74, 6) is 0.575. The predicted molar refractivity (Wildman–Crippen MR) is 181 cm³/mol. The number of aromatic nitrogens is 2. The highest BCUT2D eigenvalue weighted by Gasteiger charge is 2.20. The first-order chi connectivity index (χ1) is 21.1. The number of nitrogens with zero attached hydrogens (tertiary/aromatic N) is 2. The van der Waals surface area contributed by atoms with Crippen LogP contribution in [0, 0.1) is 6.92 Å². The summed E-state index contributed by atoms with van der Waals surface area (Å²) in [7, 11) is 0. The van der Waals surface area contributed by atoms with Gasteiger partial charge in [0.1, 0.15) is 5.52 Å². The average Bonchev–Trinajstić information content (AvgIpc) is 3.62. The number of benzene rings is 5. The highest BCUT2D eigenvalue weighted by molar-refractivity contribution is 6.17. The minimum absolute atomic E-state index is 0.575. The molecule has 43 heavy (non-hydrogen) atoms. The van der Waals surface area contributed by atoms with Crippen LogP contribution in [0.15, 0.2) is 144 Å².